The van der Waals surface area contributed by atoms with Crippen molar-refractivity contribution < 1.29 is 0 Å². The van der Waals surface area contributed by atoms with Gasteiger partial charge in [0, 0.05) is 6.04 Å². The molecule has 2 rings (SSSR count). The minimum Gasteiger partial charge on any atom is -0.313 e. The zero-order valence-electron chi connectivity index (χ0n) is 7.46. The molecular weight excluding hydrogens is 146 g/mol. The van der Waals surface area contributed by atoms with Crippen LogP contribution in [0.25, 0.3) is 0 Å². The summed E-state index contributed by atoms with van der Waals surface area (Å²) in [7, 11) is 0. The third-order valence-electron chi connectivity index (χ3n) is 2.69. The average Bonchev–Trinajstić information content (AvgIpc) is 2.14. The van der Waals surface area contributed by atoms with Gasteiger partial charge in [0.05, 0.1) is 0 Å². The van der Waals surface area contributed by atoms with E-state index in [0.717, 1.165) is 5.92 Å². The Morgan fingerprint density at radius 2 is 2.08 bits per heavy atom. The SMILES string of the molecule is C[C@@H]1CN[C@@H]1Cc1ccccc1. The second-order valence-corrected chi connectivity index (χ2v) is 3.68. The van der Waals surface area contributed by atoms with E-state index in [2.05, 4.69) is 42.6 Å². The molecule has 1 nitrogen and oxygen atoms in total. The van der Waals surface area contributed by atoms with E-state index in [1.165, 1.54) is 18.5 Å². The number of hydrogen-bond donors (Lipinski definition) is 1. The van der Waals surface area contributed by atoms with E-state index >= 15 is 0 Å². The van der Waals surface area contributed by atoms with Gasteiger partial charge in [-0.2, -0.15) is 0 Å². The first-order chi connectivity index (χ1) is 5.86. The number of hydrogen-bond acceptors (Lipinski definition) is 1. The molecule has 0 aromatic heterocycles. The molecule has 1 heteroatoms. The van der Waals surface area contributed by atoms with Crippen LogP contribution in [0.15, 0.2) is 30.3 Å². The van der Waals surface area contributed by atoms with E-state index in [-0.39, 0.29) is 0 Å². The molecule has 1 aliphatic rings. The van der Waals surface area contributed by atoms with Gasteiger partial charge < -0.3 is 5.32 Å². The Bertz CT molecular complexity index is 242. The van der Waals surface area contributed by atoms with Gasteiger partial charge >= 0.3 is 0 Å². The zero-order valence-corrected chi connectivity index (χ0v) is 7.46. The van der Waals surface area contributed by atoms with Crippen molar-refractivity contribution in [2.75, 3.05) is 6.54 Å². The lowest BCUT2D eigenvalue weighted by Crippen LogP contribution is -2.52. The maximum atomic E-state index is 3.44. The van der Waals surface area contributed by atoms with Gasteiger partial charge in [0.2, 0.25) is 0 Å². The zero-order chi connectivity index (χ0) is 8.39. The monoisotopic (exact) mass is 161 g/mol. The van der Waals surface area contributed by atoms with Gasteiger partial charge in [-0.25, -0.2) is 0 Å². The summed E-state index contributed by atoms with van der Waals surface area (Å²) in [6.07, 6.45) is 1.18. The number of rotatable bonds is 2. The smallest absolute Gasteiger partial charge is 0.0145 e. The van der Waals surface area contributed by atoms with E-state index in [1.54, 1.807) is 0 Å². The normalized spacial score (nSPS) is 28.1. The van der Waals surface area contributed by atoms with Crippen molar-refractivity contribution >= 4 is 0 Å². The molecule has 0 amide bonds. The van der Waals surface area contributed by atoms with E-state index in [0.29, 0.717) is 6.04 Å². The van der Waals surface area contributed by atoms with E-state index in [1.807, 2.05) is 0 Å². The lowest BCUT2D eigenvalue weighted by Gasteiger charge is -2.35. The highest BCUT2D eigenvalue weighted by Gasteiger charge is 2.25. The first-order valence-corrected chi connectivity index (χ1v) is 4.63. The van der Waals surface area contributed by atoms with Crippen molar-refractivity contribution in [2.45, 2.75) is 19.4 Å². The minimum atomic E-state index is 0.715. The van der Waals surface area contributed by atoms with Gasteiger partial charge in [-0.15, -0.1) is 0 Å². The molecule has 0 unspecified atom stereocenters. The molecule has 1 heterocycles. The van der Waals surface area contributed by atoms with E-state index in [9.17, 15) is 0 Å². The van der Waals surface area contributed by atoms with Crippen molar-refractivity contribution in [3.63, 3.8) is 0 Å². The van der Waals surface area contributed by atoms with Crippen LogP contribution in [0, 0.1) is 5.92 Å². The van der Waals surface area contributed by atoms with Crippen LogP contribution in [0.1, 0.15) is 12.5 Å². The van der Waals surface area contributed by atoms with Crippen LogP contribution in [0.4, 0.5) is 0 Å². The van der Waals surface area contributed by atoms with Crippen LogP contribution in [-0.2, 0) is 6.42 Å². The molecule has 1 aromatic carbocycles. The van der Waals surface area contributed by atoms with Crippen LogP contribution >= 0.6 is 0 Å². The van der Waals surface area contributed by atoms with Crippen LogP contribution in [0.2, 0.25) is 0 Å². The molecule has 1 fully saturated rings. The summed E-state index contributed by atoms with van der Waals surface area (Å²) in [6, 6.07) is 11.4. The topological polar surface area (TPSA) is 12.0 Å². The van der Waals surface area contributed by atoms with Gasteiger partial charge in [-0.05, 0) is 24.4 Å². The molecule has 0 saturated carbocycles. The quantitative estimate of drug-likeness (QED) is 0.698. The molecule has 12 heavy (non-hydrogen) atoms. The molecule has 2 atom stereocenters. The third-order valence-corrected chi connectivity index (χ3v) is 2.69. The van der Waals surface area contributed by atoms with E-state index in [4.69, 9.17) is 0 Å². The molecule has 64 valence electrons. The molecule has 1 aliphatic heterocycles. The summed E-state index contributed by atoms with van der Waals surface area (Å²) in [4.78, 5) is 0. The number of nitrogens with one attached hydrogen (secondary N) is 1. The highest BCUT2D eigenvalue weighted by Crippen LogP contribution is 2.16. The van der Waals surface area contributed by atoms with Crippen LogP contribution in [0.5, 0.6) is 0 Å². The first-order valence-electron chi connectivity index (χ1n) is 4.63. The molecular formula is C11H15N. The van der Waals surface area contributed by atoms with Crippen molar-refractivity contribution in [3.05, 3.63) is 35.9 Å². The summed E-state index contributed by atoms with van der Waals surface area (Å²) in [5.74, 6) is 0.852. The average molecular weight is 161 g/mol. The predicted molar refractivity (Wildman–Crippen MR) is 51.1 cm³/mol. The second-order valence-electron chi connectivity index (χ2n) is 3.68. The molecule has 0 bridgehead atoms. The lowest BCUT2D eigenvalue weighted by molar-refractivity contribution is 0.252. The standard InChI is InChI=1S/C11H15N/c1-9-8-12-11(9)7-10-5-3-2-4-6-10/h2-6,9,11-12H,7-8H2,1H3/t9-,11-/m1/s1. The van der Waals surface area contributed by atoms with Crippen molar-refractivity contribution in [2.24, 2.45) is 5.92 Å². The number of benzene rings is 1. The molecule has 0 spiro atoms. The fraction of sp³-hybridized carbons (Fsp3) is 0.455. The van der Waals surface area contributed by atoms with Gasteiger partial charge in [0.25, 0.3) is 0 Å². The molecule has 0 radical (unpaired) electrons. The van der Waals surface area contributed by atoms with Crippen LogP contribution < -0.4 is 5.32 Å². The Labute approximate surface area is 73.8 Å². The lowest BCUT2D eigenvalue weighted by atomic mass is 9.88. The Morgan fingerprint density at radius 1 is 1.33 bits per heavy atom. The Morgan fingerprint density at radius 3 is 2.58 bits per heavy atom. The summed E-state index contributed by atoms with van der Waals surface area (Å²) in [6.45, 7) is 3.50. The largest absolute Gasteiger partial charge is 0.313 e. The van der Waals surface area contributed by atoms with Gasteiger partial charge in [0.15, 0.2) is 0 Å². The van der Waals surface area contributed by atoms with Crippen molar-refractivity contribution in [1.82, 2.24) is 5.32 Å². The fourth-order valence-electron chi connectivity index (χ4n) is 1.66. The summed E-state index contributed by atoms with van der Waals surface area (Å²) in [5, 5.41) is 3.44. The third kappa shape index (κ3) is 1.51. The maximum absolute atomic E-state index is 3.44. The van der Waals surface area contributed by atoms with Gasteiger partial charge in [0.1, 0.15) is 0 Å². The van der Waals surface area contributed by atoms with Gasteiger partial charge in [-0.1, -0.05) is 37.3 Å². The Hall–Kier alpha value is -0.820. The fourth-order valence-corrected chi connectivity index (χ4v) is 1.66. The molecule has 0 aliphatic carbocycles. The Balaban J connectivity index is 1.95. The van der Waals surface area contributed by atoms with Crippen molar-refractivity contribution in [3.8, 4) is 0 Å². The van der Waals surface area contributed by atoms with Crippen LogP contribution in [0.3, 0.4) is 0 Å². The molecule has 1 saturated heterocycles. The predicted octanol–water partition coefficient (Wildman–Crippen LogP) is 1.84. The summed E-state index contributed by atoms with van der Waals surface area (Å²) < 4.78 is 0. The molecule has 1 aromatic rings. The maximum Gasteiger partial charge on any atom is 0.0145 e. The summed E-state index contributed by atoms with van der Waals surface area (Å²) in [5.41, 5.74) is 1.45. The summed E-state index contributed by atoms with van der Waals surface area (Å²) >= 11 is 0. The highest BCUT2D eigenvalue weighted by molar-refractivity contribution is 5.16. The van der Waals surface area contributed by atoms with Crippen molar-refractivity contribution in [1.29, 1.82) is 0 Å². The highest BCUT2D eigenvalue weighted by atomic mass is 15.0. The second kappa shape index (κ2) is 3.28. The molecule has 1 N–H and O–H groups in total. The minimum absolute atomic E-state index is 0.715. The van der Waals surface area contributed by atoms with E-state index < -0.39 is 0 Å². The Kier molecular flexibility index (Phi) is 2.13. The van der Waals surface area contributed by atoms with Gasteiger partial charge in [-0.3, -0.25) is 0 Å². The first kappa shape index (κ1) is 7.81. The van der Waals surface area contributed by atoms with Crippen LogP contribution in [-0.4, -0.2) is 12.6 Å².